The van der Waals surface area contributed by atoms with Gasteiger partial charge in [0.15, 0.2) is 0 Å². The van der Waals surface area contributed by atoms with Gasteiger partial charge >= 0.3 is 0 Å². The standard InChI is InChI=1S/C16H30N2O/c1-2-3-5-8-15(19)18-14-9-12-17-16(13-14)10-6-4-7-11-16/h14,17H,2-13H2,1H3,(H,18,19). The topological polar surface area (TPSA) is 41.1 Å². The second-order valence-corrected chi connectivity index (χ2v) is 6.48. The Morgan fingerprint density at radius 2 is 2.05 bits per heavy atom. The molecule has 3 heteroatoms. The number of hydrogen-bond acceptors (Lipinski definition) is 2. The molecule has 1 aliphatic heterocycles. The molecule has 110 valence electrons. The van der Waals surface area contributed by atoms with Crippen molar-refractivity contribution in [3.8, 4) is 0 Å². The van der Waals surface area contributed by atoms with Gasteiger partial charge in [-0.3, -0.25) is 4.79 Å². The molecule has 1 aliphatic carbocycles. The summed E-state index contributed by atoms with van der Waals surface area (Å²) in [5.41, 5.74) is 0.345. The van der Waals surface area contributed by atoms with Crippen LogP contribution in [0.1, 0.15) is 77.6 Å². The van der Waals surface area contributed by atoms with Crippen LogP contribution in [0.25, 0.3) is 0 Å². The molecule has 3 nitrogen and oxygen atoms in total. The van der Waals surface area contributed by atoms with Gasteiger partial charge in [0.1, 0.15) is 0 Å². The summed E-state index contributed by atoms with van der Waals surface area (Å²) < 4.78 is 0. The first-order valence-electron chi connectivity index (χ1n) is 8.28. The van der Waals surface area contributed by atoms with E-state index in [4.69, 9.17) is 0 Å². The van der Waals surface area contributed by atoms with Gasteiger partial charge in [-0.1, -0.05) is 39.0 Å². The lowest BCUT2D eigenvalue weighted by Gasteiger charge is -2.44. The van der Waals surface area contributed by atoms with Crippen LogP contribution in [0.4, 0.5) is 0 Å². The van der Waals surface area contributed by atoms with Gasteiger partial charge in [-0.2, -0.15) is 0 Å². The van der Waals surface area contributed by atoms with E-state index >= 15 is 0 Å². The predicted octanol–water partition coefficient (Wildman–Crippen LogP) is 3.14. The molecule has 19 heavy (non-hydrogen) atoms. The molecule has 1 heterocycles. The third-order valence-corrected chi connectivity index (χ3v) is 4.81. The van der Waals surface area contributed by atoms with Crippen LogP contribution < -0.4 is 10.6 Å². The van der Waals surface area contributed by atoms with E-state index in [0.29, 0.717) is 18.0 Å². The molecule has 1 amide bonds. The lowest BCUT2D eigenvalue weighted by molar-refractivity contribution is -0.122. The summed E-state index contributed by atoms with van der Waals surface area (Å²) in [5, 5.41) is 7.01. The molecule has 0 aromatic heterocycles. The third-order valence-electron chi connectivity index (χ3n) is 4.81. The second kappa shape index (κ2) is 7.28. The highest BCUT2D eigenvalue weighted by molar-refractivity contribution is 5.76. The van der Waals surface area contributed by atoms with E-state index in [1.54, 1.807) is 0 Å². The van der Waals surface area contributed by atoms with Crippen LogP contribution in [0.15, 0.2) is 0 Å². The van der Waals surface area contributed by atoms with Crippen LogP contribution >= 0.6 is 0 Å². The van der Waals surface area contributed by atoms with Gasteiger partial charge in [-0.15, -0.1) is 0 Å². The molecule has 2 N–H and O–H groups in total. The van der Waals surface area contributed by atoms with Crippen molar-refractivity contribution in [2.45, 2.75) is 89.1 Å². The average Bonchev–Trinajstić information content (AvgIpc) is 2.40. The van der Waals surface area contributed by atoms with Gasteiger partial charge < -0.3 is 10.6 Å². The molecule has 2 rings (SSSR count). The van der Waals surface area contributed by atoms with Crippen LogP contribution in [0, 0.1) is 0 Å². The zero-order chi connectivity index (χ0) is 13.6. The number of piperidine rings is 1. The summed E-state index contributed by atoms with van der Waals surface area (Å²) >= 11 is 0. The average molecular weight is 266 g/mol. The molecule has 0 bridgehead atoms. The zero-order valence-corrected chi connectivity index (χ0v) is 12.5. The van der Waals surface area contributed by atoms with E-state index in [1.807, 2.05) is 0 Å². The molecule has 1 saturated carbocycles. The first-order valence-corrected chi connectivity index (χ1v) is 8.28. The summed E-state index contributed by atoms with van der Waals surface area (Å²) in [6.07, 6.45) is 13.0. The number of carbonyl (C=O) groups is 1. The van der Waals surface area contributed by atoms with Gasteiger partial charge in [0, 0.05) is 18.0 Å². The molecule has 0 aromatic rings. The molecular weight excluding hydrogens is 236 g/mol. The van der Waals surface area contributed by atoms with Gasteiger partial charge in [0.2, 0.25) is 5.91 Å². The predicted molar refractivity (Wildman–Crippen MR) is 79.1 cm³/mol. The van der Waals surface area contributed by atoms with E-state index in [0.717, 1.165) is 25.8 Å². The molecule has 2 aliphatic rings. The Bertz CT molecular complexity index is 279. The largest absolute Gasteiger partial charge is 0.353 e. The van der Waals surface area contributed by atoms with E-state index in [1.165, 1.54) is 44.9 Å². The van der Waals surface area contributed by atoms with Crippen LogP contribution in [-0.2, 0) is 4.79 Å². The Morgan fingerprint density at radius 1 is 1.26 bits per heavy atom. The number of unbranched alkanes of at least 4 members (excludes halogenated alkanes) is 2. The van der Waals surface area contributed by atoms with Crippen molar-refractivity contribution in [1.29, 1.82) is 0 Å². The molecule has 2 fully saturated rings. The quantitative estimate of drug-likeness (QED) is 0.751. The highest BCUT2D eigenvalue weighted by Gasteiger charge is 2.37. The Balaban J connectivity index is 1.75. The minimum absolute atomic E-state index is 0.270. The number of rotatable bonds is 5. The maximum Gasteiger partial charge on any atom is 0.220 e. The van der Waals surface area contributed by atoms with Crippen molar-refractivity contribution in [2.24, 2.45) is 0 Å². The Morgan fingerprint density at radius 3 is 2.79 bits per heavy atom. The van der Waals surface area contributed by atoms with Crippen LogP contribution in [0.3, 0.4) is 0 Å². The SMILES string of the molecule is CCCCCC(=O)NC1CCNC2(CCCCC2)C1. The van der Waals surface area contributed by atoms with E-state index in [-0.39, 0.29) is 5.91 Å². The van der Waals surface area contributed by atoms with E-state index in [9.17, 15) is 4.79 Å². The fraction of sp³-hybridized carbons (Fsp3) is 0.938. The zero-order valence-electron chi connectivity index (χ0n) is 12.5. The Labute approximate surface area is 117 Å². The van der Waals surface area contributed by atoms with Crippen molar-refractivity contribution < 1.29 is 4.79 Å². The summed E-state index contributed by atoms with van der Waals surface area (Å²) in [7, 11) is 0. The fourth-order valence-corrected chi connectivity index (χ4v) is 3.73. The van der Waals surface area contributed by atoms with Gasteiger partial charge in [0.25, 0.3) is 0 Å². The molecule has 1 saturated heterocycles. The normalized spacial score (nSPS) is 26.3. The smallest absolute Gasteiger partial charge is 0.220 e. The number of hydrogen-bond donors (Lipinski definition) is 2. The Kier molecular flexibility index (Phi) is 5.68. The number of carbonyl (C=O) groups excluding carboxylic acids is 1. The first kappa shape index (κ1) is 14.8. The maximum atomic E-state index is 11.9. The van der Waals surface area contributed by atoms with E-state index in [2.05, 4.69) is 17.6 Å². The monoisotopic (exact) mass is 266 g/mol. The summed E-state index contributed by atoms with van der Waals surface area (Å²) in [4.78, 5) is 11.9. The van der Waals surface area contributed by atoms with Crippen molar-refractivity contribution in [3.05, 3.63) is 0 Å². The van der Waals surface area contributed by atoms with Crippen LogP contribution in [-0.4, -0.2) is 24.0 Å². The third kappa shape index (κ3) is 4.48. The lowest BCUT2D eigenvalue weighted by Crippen LogP contribution is -2.57. The Hall–Kier alpha value is -0.570. The van der Waals surface area contributed by atoms with Gasteiger partial charge in [-0.05, 0) is 38.6 Å². The van der Waals surface area contributed by atoms with Gasteiger partial charge in [0.05, 0.1) is 0 Å². The second-order valence-electron chi connectivity index (χ2n) is 6.48. The van der Waals surface area contributed by atoms with Crippen molar-refractivity contribution in [2.75, 3.05) is 6.54 Å². The van der Waals surface area contributed by atoms with Crippen LogP contribution in [0.2, 0.25) is 0 Å². The first-order chi connectivity index (χ1) is 9.24. The lowest BCUT2D eigenvalue weighted by atomic mass is 9.75. The molecule has 0 radical (unpaired) electrons. The molecule has 0 aromatic carbocycles. The maximum absolute atomic E-state index is 11.9. The van der Waals surface area contributed by atoms with Crippen molar-refractivity contribution in [1.82, 2.24) is 10.6 Å². The summed E-state index contributed by atoms with van der Waals surface area (Å²) in [5.74, 6) is 0.270. The van der Waals surface area contributed by atoms with Crippen molar-refractivity contribution in [3.63, 3.8) is 0 Å². The van der Waals surface area contributed by atoms with Crippen LogP contribution in [0.5, 0.6) is 0 Å². The van der Waals surface area contributed by atoms with E-state index < -0.39 is 0 Å². The highest BCUT2D eigenvalue weighted by Crippen LogP contribution is 2.34. The van der Waals surface area contributed by atoms with Crippen molar-refractivity contribution >= 4 is 5.91 Å². The molecule has 1 spiro atoms. The molecule has 1 unspecified atom stereocenters. The number of nitrogens with one attached hydrogen (secondary N) is 2. The summed E-state index contributed by atoms with van der Waals surface area (Å²) in [6, 6.07) is 0.411. The minimum atomic E-state index is 0.270. The summed E-state index contributed by atoms with van der Waals surface area (Å²) in [6.45, 7) is 3.25. The molecule has 1 atom stereocenters. The number of amides is 1. The molecular formula is C16H30N2O. The highest BCUT2D eigenvalue weighted by atomic mass is 16.1. The van der Waals surface area contributed by atoms with Gasteiger partial charge in [-0.25, -0.2) is 0 Å². The minimum Gasteiger partial charge on any atom is -0.353 e. The fourth-order valence-electron chi connectivity index (χ4n) is 3.73.